The molecule has 2 rings (SSSR count). The van der Waals surface area contributed by atoms with E-state index in [1.54, 1.807) is 0 Å². The zero-order valence-electron chi connectivity index (χ0n) is 7.53. The van der Waals surface area contributed by atoms with Crippen molar-refractivity contribution in [1.29, 1.82) is 0 Å². The maximum atomic E-state index is 5.60. The molecule has 1 fully saturated rings. The molecule has 13 heavy (non-hydrogen) atoms. The van der Waals surface area contributed by atoms with Gasteiger partial charge in [0.15, 0.2) is 0 Å². The highest BCUT2D eigenvalue weighted by Crippen LogP contribution is 2.47. The highest BCUT2D eigenvalue weighted by molar-refractivity contribution is 5.44. The first kappa shape index (κ1) is 8.34. The molecule has 1 saturated carbocycles. The van der Waals surface area contributed by atoms with Crippen LogP contribution in [-0.2, 0) is 0 Å². The molecule has 2 unspecified atom stereocenters. The highest BCUT2D eigenvalue weighted by Gasteiger charge is 2.37. The van der Waals surface area contributed by atoms with Crippen LogP contribution in [0, 0.1) is 18.3 Å². The van der Waals surface area contributed by atoms with E-state index in [0.717, 1.165) is 12.1 Å². The van der Waals surface area contributed by atoms with E-state index in [4.69, 9.17) is 12.2 Å². The van der Waals surface area contributed by atoms with E-state index in [-0.39, 0.29) is 0 Å². The molecule has 0 spiro atoms. The number of hydrogen-bond acceptors (Lipinski definition) is 1. The van der Waals surface area contributed by atoms with Crippen LogP contribution in [0.5, 0.6) is 0 Å². The van der Waals surface area contributed by atoms with E-state index in [0.29, 0.717) is 11.8 Å². The zero-order chi connectivity index (χ0) is 9.26. The first-order valence-corrected chi connectivity index (χ1v) is 4.62. The molecule has 2 N–H and O–H groups in total. The molecule has 1 aliphatic rings. The van der Waals surface area contributed by atoms with Gasteiger partial charge in [0.2, 0.25) is 0 Å². The Morgan fingerprint density at radius 3 is 2.85 bits per heavy atom. The standard InChI is InChI=1S/C12H13N/c1-2-9-5-3-4-6-11(9)12-7-10(12)8-13/h1,3-6,10,12H,7-8,13H2. The van der Waals surface area contributed by atoms with Gasteiger partial charge in [0.05, 0.1) is 0 Å². The lowest BCUT2D eigenvalue weighted by atomic mass is 10.0. The lowest BCUT2D eigenvalue weighted by Crippen LogP contribution is -2.02. The summed E-state index contributed by atoms with van der Waals surface area (Å²) in [5, 5.41) is 0. The predicted octanol–water partition coefficient (Wildman–Crippen LogP) is 1.73. The van der Waals surface area contributed by atoms with Gasteiger partial charge >= 0.3 is 0 Å². The Bertz CT molecular complexity index is 348. The predicted molar refractivity (Wildman–Crippen MR) is 54.3 cm³/mol. The molecule has 1 aliphatic carbocycles. The number of nitrogens with two attached hydrogens (primary N) is 1. The minimum atomic E-state index is 0.622. The molecular weight excluding hydrogens is 158 g/mol. The second kappa shape index (κ2) is 3.24. The second-order valence-corrected chi connectivity index (χ2v) is 3.57. The van der Waals surface area contributed by atoms with Crippen molar-refractivity contribution in [3.63, 3.8) is 0 Å². The summed E-state index contributed by atoms with van der Waals surface area (Å²) in [5.74, 6) is 4.00. The van der Waals surface area contributed by atoms with E-state index in [2.05, 4.69) is 12.0 Å². The summed E-state index contributed by atoms with van der Waals surface area (Å²) in [7, 11) is 0. The fourth-order valence-corrected chi connectivity index (χ4v) is 1.84. The van der Waals surface area contributed by atoms with Gasteiger partial charge in [-0.05, 0) is 36.4 Å². The first-order valence-electron chi connectivity index (χ1n) is 4.62. The van der Waals surface area contributed by atoms with Crippen LogP contribution in [0.1, 0.15) is 23.5 Å². The van der Waals surface area contributed by atoms with Crippen LogP contribution < -0.4 is 5.73 Å². The van der Waals surface area contributed by atoms with Gasteiger partial charge in [-0.2, -0.15) is 0 Å². The average molecular weight is 171 g/mol. The van der Waals surface area contributed by atoms with Gasteiger partial charge in [-0.3, -0.25) is 0 Å². The number of benzene rings is 1. The number of terminal acetylenes is 1. The first-order chi connectivity index (χ1) is 6.36. The Morgan fingerprint density at radius 1 is 1.46 bits per heavy atom. The van der Waals surface area contributed by atoms with Crippen molar-refractivity contribution >= 4 is 0 Å². The number of rotatable bonds is 2. The zero-order valence-corrected chi connectivity index (χ0v) is 7.53. The van der Waals surface area contributed by atoms with Gasteiger partial charge in [-0.1, -0.05) is 24.1 Å². The van der Waals surface area contributed by atoms with E-state index < -0.39 is 0 Å². The van der Waals surface area contributed by atoms with Gasteiger partial charge in [-0.25, -0.2) is 0 Å². The Hall–Kier alpha value is -1.26. The lowest BCUT2D eigenvalue weighted by molar-refractivity contribution is 0.809. The van der Waals surface area contributed by atoms with Crippen molar-refractivity contribution in [3.05, 3.63) is 35.4 Å². The molecule has 0 heterocycles. The molecule has 2 atom stereocenters. The van der Waals surface area contributed by atoms with E-state index in [1.807, 2.05) is 18.2 Å². The van der Waals surface area contributed by atoms with Gasteiger partial charge in [-0.15, -0.1) is 6.42 Å². The van der Waals surface area contributed by atoms with Crippen LogP contribution in [0.15, 0.2) is 24.3 Å². The molecule has 0 aliphatic heterocycles. The SMILES string of the molecule is C#Cc1ccccc1C1CC1CN. The summed E-state index contributed by atoms with van der Waals surface area (Å²) < 4.78 is 0. The Kier molecular flexibility index (Phi) is 2.08. The summed E-state index contributed by atoms with van der Waals surface area (Å²) in [5.41, 5.74) is 7.94. The van der Waals surface area contributed by atoms with Crippen molar-refractivity contribution in [2.75, 3.05) is 6.54 Å². The summed E-state index contributed by atoms with van der Waals surface area (Å²) in [6.45, 7) is 0.781. The fourth-order valence-electron chi connectivity index (χ4n) is 1.84. The molecule has 0 radical (unpaired) electrons. The summed E-state index contributed by atoms with van der Waals surface area (Å²) >= 11 is 0. The largest absolute Gasteiger partial charge is 0.330 e. The summed E-state index contributed by atoms with van der Waals surface area (Å²) in [4.78, 5) is 0. The van der Waals surface area contributed by atoms with Crippen molar-refractivity contribution in [2.45, 2.75) is 12.3 Å². The average Bonchev–Trinajstić information content (AvgIpc) is 2.96. The van der Waals surface area contributed by atoms with Gasteiger partial charge in [0.25, 0.3) is 0 Å². The maximum Gasteiger partial charge on any atom is 0.0277 e. The van der Waals surface area contributed by atoms with Crippen LogP contribution >= 0.6 is 0 Å². The topological polar surface area (TPSA) is 26.0 Å². The summed E-state index contributed by atoms with van der Waals surface area (Å²) in [6.07, 6.45) is 6.63. The third-order valence-corrected chi connectivity index (χ3v) is 2.74. The molecule has 0 amide bonds. The normalized spacial score (nSPS) is 25.2. The van der Waals surface area contributed by atoms with Crippen LogP contribution in [0.3, 0.4) is 0 Å². The van der Waals surface area contributed by atoms with E-state index in [9.17, 15) is 0 Å². The van der Waals surface area contributed by atoms with E-state index >= 15 is 0 Å². The lowest BCUT2D eigenvalue weighted by Gasteiger charge is -2.02. The van der Waals surface area contributed by atoms with Crippen LogP contribution in [0.4, 0.5) is 0 Å². The van der Waals surface area contributed by atoms with Gasteiger partial charge < -0.3 is 5.73 Å². The molecular formula is C12H13N. The van der Waals surface area contributed by atoms with Crippen molar-refractivity contribution in [1.82, 2.24) is 0 Å². The molecule has 1 heteroatoms. The third kappa shape index (κ3) is 1.46. The van der Waals surface area contributed by atoms with Crippen LogP contribution in [0.25, 0.3) is 0 Å². The molecule has 1 nitrogen and oxygen atoms in total. The Morgan fingerprint density at radius 2 is 2.23 bits per heavy atom. The quantitative estimate of drug-likeness (QED) is 0.674. The molecule has 1 aromatic rings. The van der Waals surface area contributed by atoms with Crippen LogP contribution in [0.2, 0.25) is 0 Å². The number of hydrogen-bond donors (Lipinski definition) is 1. The second-order valence-electron chi connectivity index (χ2n) is 3.57. The molecule has 0 aromatic heterocycles. The van der Waals surface area contributed by atoms with Crippen molar-refractivity contribution in [2.24, 2.45) is 11.7 Å². The molecule has 0 saturated heterocycles. The van der Waals surface area contributed by atoms with Crippen molar-refractivity contribution < 1.29 is 0 Å². The third-order valence-electron chi connectivity index (χ3n) is 2.74. The smallest absolute Gasteiger partial charge is 0.0277 e. The minimum absolute atomic E-state index is 0.622. The molecule has 0 bridgehead atoms. The monoisotopic (exact) mass is 171 g/mol. The van der Waals surface area contributed by atoms with Gasteiger partial charge in [0, 0.05) is 5.56 Å². The van der Waals surface area contributed by atoms with E-state index in [1.165, 1.54) is 12.0 Å². The van der Waals surface area contributed by atoms with Crippen molar-refractivity contribution in [3.8, 4) is 12.3 Å². The molecule has 66 valence electrons. The Labute approximate surface area is 79.0 Å². The van der Waals surface area contributed by atoms with Gasteiger partial charge in [0.1, 0.15) is 0 Å². The molecule has 1 aromatic carbocycles. The van der Waals surface area contributed by atoms with Crippen LogP contribution in [-0.4, -0.2) is 6.54 Å². The maximum absolute atomic E-state index is 5.60. The fraction of sp³-hybridized carbons (Fsp3) is 0.333. The summed E-state index contributed by atoms with van der Waals surface area (Å²) in [6, 6.07) is 8.15. The highest BCUT2D eigenvalue weighted by atomic mass is 14.6. The Balaban J connectivity index is 2.27. The minimum Gasteiger partial charge on any atom is -0.330 e.